The standard InChI is InChI=1S/C15H21N5O/c1-3-5-11(2)19-14-13(9-18-15(16)20-14)21-10-12-6-4-7-17-8-12/h4,6-9,11H,3,5,10H2,1-2H3,(H3,16,18,19,20)/t11-/m1/s1. The molecule has 0 radical (unpaired) electrons. The number of rotatable bonds is 7. The molecule has 3 N–H and O–H groups in total. The van der Waals surface area contributed by atoms with Crippen molar-refractivity contribution < 1.29 is 4.74 Å². The average Bonchev–Trinajstić information content (AvgIpc) is 2.48. The molecule has 6 heteroatoms. The summed E-state index contributed by atoms with van der Waals surface area (Å²) in [6.45, 7) is 4.66. The van der Waals surface area contributed by atoms with E-state index in [-0.39, 0.29) is 5.95 Å². The number of pyridine rings is 1. The summed E-state index contributed by atoms with van der Waals surface area (Å²) in [7, 11) is 0. The van der Waals surface area contributed by atoms with Gasteiger partial charge in [-0.25, -0.2) is 4.98 Å². The van der Waals surface area contributed by atoms with E-state index in [0.29, 0.717) is 24.2 Å². The van der Waals surface area contributed by atoms with E-state index in [2.05, 4.69) is 34.1 Å². The molecule has 0 saturated carbocycles. The van der Waals surface area contributed by atoms with Crippen molar-refractivity contribution in [2.45, 2.75) is 39.3 Å². The van der Waals surface area contributed by atoms with Crippen LogP contribution in [0, 0.1) is 0 Å². The topological polar surface area (TPSA) is 86.0 Å². The van der Waals surface area contributed by atoms with Crippen molar-refractivity contribution in [2.75, 3.05) is 11.1 Å². The molecule has 0 aliphatic rings. The zero-order valence-electron chi connectivity index (χ0n) is 12.4. The van der Waals surface area contributed by atoms with Crippen LogP contribution in [0.1, 0.15) is 32.3 Å². The molecule has 0 amide bonds. The van der Waals surface area contributed by atoms with E-state index in [1.165, 1.54) is 0 Å². The SMILES string of the molecule is CCC[C@@H](C)Nc1nc(N)ncc1OCc1cccnc1. The molecular formula is C15H21N5O. The summed E-state index contributed by atoms with van der Waals surface area (Å²) in [5.41, 5.74) is 6.64. The molecule has 21 heavy (non-hydrogen) atoms. The Bertz CT molecular complexity index is 561. The van der Waals surface area contributed by atoms with Gasteiger partial charge in [-0.05, 0) is 19.4 Å². The van der Waals surface area contributed by atoms with Crippen LogP contribution in [0.3, 0.4) is 0 Å². The van der Waals surface area contributed by atoms with E-state index >= 15 is 0 Å². The maximum Gasteiger partial charge on any atom is 0.222 e. The summed E-state index contributed by atoms with van der Waals surface area (Å²) in [4.78, 5) is 12.3. The van der Waals surface area contributed by atoms with Crippen LogP contribution in [0.2, 0.25) is 0 Å². The van der Waals surface area contributed by atoms with Crippen LogP contribution in [0.25, 0.3) is 0 Å². The van der Waals surface area contributed by atoms with Gasteiger partial charge in [0.15, 0.2) is 11.6 Å². The highest BCUT2D eigenvalue weighted by atomic mass is 16.5. The molecule has 0 aliphatic carbocycles. The second-order valence-electron chi connectivity index (χ2n) is 4.93. The summed E-state index contributed by atoms with van der Waals surface area (Å²) in [5.74, 6) is 1.46. The van der Waals surface area contributed by atoms with Gasteiger partial charge >= 0.3 is 0 Å². The lowest BCUT2D eigenvalue weighted by Gasteiger charge is -2.16. The molecule has 2 aromatic rings. The lowest BCUT2D eigenvalue weighted by atomic mass is 10.2. The number of anilines is 2. The van der Waals surface area contributed by atoms with Crippen LogP contribution in [-0.2, 0) is 6.61 Å². The van der Waals surface area contributed by atoms with Crippen molar-refractivity contribution >= 4 is 11.8 Å². The summed E-state index contributed by atoms with van der Waals surface area (Å²) in [6, 6.07) is 4.13. The van der Waals surface area contributed by atoms with Crippen LogP contribution < -0.4 is 15.8 Å². The molecule has 0 saturated heterocycles. The lowest BCUT2D eigenvalue weighted by molar-refractivity contribution is 0.304. The molecule has 112 valence electrons. The van der Waals surface area contributed by atoms with Crippen LogP contribution in [0.5, 0.6) is 5.75 Å². The largest absolute Gasteiger partial charge is 0.483 e. The summed E-state index contributed by atoms with van der Waals surface area (Å²) in [5, 5.41) is 3.32. The number of nitrogens with zero attached hydrogens (tertiary/aromatic N) is 3. The van der Waals surface area contributed by atoms with Gasteiger partial charge in [-0.1, -0.05) is 19.4 Å². The second-order valence-corrected chi connectivity index (χ2v) is 4.93. The molecule has 0 spiro atoms. The Balaban J connectivity index is 2.07. The van der Waals surface area contributed by atoms with Crippen molar-refractivity contribution in [1.82, 2.24) is 15.0 Å². The first-order chi connectivity index (χ1) is 10.2. The molecule has 0 unspecified atom stereocenters. The van der Waals surface area contributed by atoms with E-state index in [1.54, 1.807) is 18.6 Å². The van der Waals surface area contributed by atoms with Gasteiger partial charge < -0.3 is 15.8 Å². The smallest absolute Gasteiger partial charge is 0.222 e. The fraction of sp³-hybridized carbons (Fsp3) is 0.400. The molecule has 0 bridgehead atoms. The monoisotopic (exact) mass is 287 g/mol. The van der Waals surface area contributed by atoms with Gasteiger partial charge in [0.2, 0.25) is 5.95 Å². The predicted octanol–water partition coefficient (Wildman–Crippen LogP) is 2.63. The van der Waals surface area contributed by atoms with E-state index < -0.39 is 0 Å². The first-order valence-electron chi connectivity index (χ1n) is 7.09. The highest BCUT2D eigenvalue weighted by molar-refractivity contribution is 5.51. The minimum Gasteiger partial charge on any atom is -0.483 e. The second kappa shape index (κ2) is 7.42. The molecule has 6 nitrogen and oxygen atoms in total. The van der Waals surface area contributed by atoms with Gasteiger partial charge in [0.05, 0.1) is 6.20 Å². The van der Waals surface area contributed by atoms with Gasteiger partial charge in [-0.3, -0.25) is 4.98 Å². The quantitative estimate of drug-likeness (QED) is 0.814. The lowest BCUT2D eigenvalue weighted by Crippen LogP contribution is -2.17. The molecule has 2 rings (SSSR count). The molecule has 0 aliphatic heterocycles. The fourth-order valence-electron chi connectivity index (χ4n) is 1.98. The fourth-order valence-corrected chi connectivity index (χ4v) is 1.98. The molecule has 2 heterocycles. The predicted molar refractivity (Wildman–Crippen MR) is 83.0 cm³/mol. The highest BCUT2D eigenvalue weighted by Gasteiger charge is 2.10. The zero-order valence-corrected chi connectivity index (χ0v) is 12.4. The number of nitrogens with two attached hydrogens (primary N) is 1. The van der Waals surface area contributed by atoms with Crippen molar-refractivity contribution in [2.24, 2.45) is 0 Å². The van der Waals surface area contributed by atoms with Crippen LogP contribution in [-0.4, -0.2) is 21.0 Å². The molecule has 2 aromatic heterocycles. The summed E-state index contributed by atoms with van der Waals surface area (Å²) < 4.78 is 5.77. The maximum atomic E-state index is 5.77. The van der Waals surface area contributed by atoms with Gasteiger partial charge in [0.1, 0.15) is 6.61 Å². The van der Waals surface area contributed by atoms with E-state index in [0.717, 1.165) is 18.4 Å². The van der Waals surface area contributed by atoms with Crippen molar-refractivity contribution in [3.05, 3.63) is 36.3 Å². The van der Waals surface area contributed by atoms with Gasteiger partial charge in [0.25, 0.3) is 0 Å². The van der Waals surface area contributed by atoms with Crippen molar-refractivity contribution in [3.8, 4) is 5.75 Å². The Morgan fingerprint density at radius 3 is 2.95 bits per heavy atom. The van der Waals surface area contributed by atoms with Crippen molar-refractivity contribution in [3.63, 3.8) is 0 Å². The summed E-state index contributed by atoms with van der Waals surface area (Å²) >= 11 is 0. The number of hydrogen-bond donors (Lipinski definition) is 2. The third-order valence-corrected chi connectivity index (χ3v) is 3.00. The number of nitrogen functional groups attached to an aromatic ring is 1. The minimum absolute atomic E-state index is 0.231. The molecular weight excluding hydrogens is 266 g/mol. The van der Waals surface area contributed by atoms with E-state index in [9.17, 15) is 0 Å². The average molecular weight is 287 g/mol. The van der Waals surface area contributed by atoms with Crippen molar-refractivity contribution in [1.29, 1.82) is 0 Å². The third kappa shape index (κ3) is 4.59. The third-order valence-electron chi connectivity index (χ3n) is 3.00. The first-order valence-corrected chi connectivity index (χ1v) is 7.09. The van der Waals surface area contributed by atoms with Crippen LogP contribution >= 0.6 is 0 Å². The van der Waals surface area contributed by atoms with E-state index in [1.807, 2.05) is 12.1 Å². The number of nitrogens with one attached hydrogen (secondary N) is 1. The molecule has 0 fully saturated rings. The Morgan fingerprint density at radius 1 is 1.38 bits per heavy atom. The van der Waals surface area contributed by atoms with E-state index in [4.69, 9.17) is 10.5 Å². The first kappa shape index (κ1) is 15.0. The molecule has 0 aromatic carbocycles. The van der Waals surface area contributed by atoms with Crippen LogP contribution in [0.4, 0.5) is 11.8 Å². The minimum atomic E-state index is 0.231. The zero-order chi connectivity index (χ0) is 15.1. The van der Waals surface area contributed by atoms with Gasteiger partial charge in [0, 0.05) is 24.0 Å². The molecule has 1 atom stereocenters. The maximum absolute atomic E-state index is 5.77. The van der Waals surface area contributed by atoms with Crippen LogP contribution in [0.15, 0.2) is 30.7 Å². The number of hydrogen-bond acceptors (Lipinski definition) is 6. The Labute approximate surface area is 124 Å². The van der Waals surface area contributed by atoms with Gasteiger partial charge in [-0.15, -0.1) is 0 Å². The highest BCUT2D eigenvalue weighted by Crippen LogP contribution is 2.24. The van der Waals surface area contributed by atoms with Gasteiger partial charge in [-0.2, -0.15) is 4.98 Å². The Kier molecular flexibility index (Phi) is 5.31. The number of aromatic nitrogens is 3. The number of ether oxygens (including phenoxy) is 1. The Hall–Kier alpha value is -2.37. The normalized spacial score (nSPS) is 11.9. The summed E-state index contributed by atoms with van der Waals surface area (Å²) in [6.07, 6.45) is 7.24. The Morgan fingerprint density at radius 2 is 2.24 bits per heavy atom.